The number of benzene rings is 1. The monoisotopic (exact) mass is 264 g/mol. The van der Waals surface area contributed by atoms with Crippen LogP contribution in [-0.4, -0.2) is 37.6 Å². The van der Waals surface area contributed by atoms with Crippen LogP contribution >= 0.6 is 0 Å². The number of piperazine rings is 1. The molecule has 1 saturated heterocycles. The van der Waals surface area contributed by atoms with Crippen LogP contribution in [0, 0.1) is 11.7 Å². The Bertz CT molecular complexity index is 409. The van der Waals surface area contributed by atoms with Gasteiger partial charge in [0.15, 0.2) is 0 Å². The summed E-state index contributed by atoms with van der Waals surface area (Å²) in [6.07, 6.45) is 0.888. The molecule has 2 rings (SSSR count). The molecule has 1 aliphatic rings. The van der Waals surface area contributed by atoms with Crippen LogP contribution in [0.15, 0.2) is 18.2 Å². The van der Waals surface area contributed by atoms with Gasteiger partial charge < -0.3 is 4.90 Å². The Morgan fingerprint density at radius 2 is 1.84 bits per heavy atom. The number of anilines is 1. The number of nitrogens with zero attached hydrogens (tertiary/aromatic N) is 2. The molecule has 1 fully saturated rings. The third kappa shape index (κ3) is 3.69. The van der Waals surface area contributed by atoms with Gasteiger partial charge in [-0.2, -0.15) is 0 Å². The first kappa shape index (κ1) is 14.3. The molecule has 2 nitrogen and oxygen atoms in total. The smallest absolute Gasteiger partial charge is 0.146 e. The minimum Gasteiger partial charge on any atom is -0.367 e. The minimum atomic E-state index is -0.0725. The lowest BCUT2D eigenvalue weighted by molar-refractivity contribution is 0.231. The molecule has 0 radical (unpaired) electrons. The van der Waals surface area contributed by atoms with E-state index in [0.29, 0.717) is 5.92 Å². The molecule has 19 heavy (non-hydrogen) atoms. The normalized spacial score (nSPS) is 17.2. The van der Waals surface area contributed by atoms with E-state index in [-0.39, 0.29) is 5.82 Å². The van der Waals surface area contributed by atoms with Crippen LogP contribution < -0.4 is 4.90 Å². The molecule has 1 heterocycles. The van der Waals surface area contributed by atoms with Crippen molar-refractivity contribution in [1.29, 1.82) is 0 Å². The fraction of sp³-hybridized carbons (Fsp3) is 0.625. The van der Waals surface area contributed by atoms with E-state index >= 15 is 0 Å². The van der Waals surface area contributed by atoms with Crippen molar-refractivity contribution in [2.45, 2.75) is 27.2 Å². The molecule has 0 spiro atoms. The molecule has 106 valence electrons. The van der Waals surface area contributed by atoms with Gasteiger partial charge in [0.2, 0.25) is 0 Å². The Morgan fingerprint density at radius 1 is 1.16 bits per heavy atom. The maximum absolute atomic E-state index is 14.1. The van der Waals surface area contributed by atoms with E-state index in [4.69, 9.17) is 0 Å². The van der Waals surface area contributed by atoms with Crippen LogP contribution in [-0.2, 0) is 6.42 Å². The van der Waals surface area contributed by atoms with Gasteiger partial charge in [-0.05, 0) is 30.0 Å². The van der Waals surface area contributed by atoms with E-state index in [2.05, 4.69) is 30.6 Å². The maximum atomic E-state index is 14.1. The largest absolute Gasteiger partial charge is 0.367 e. The van der Waals surface area contributed by atoms with Crippen molar-refractivity contribution in [2.75, 3.05) is 37.6 Å². The van der Waals surface area contributed by atoms with Crippen LogP contribution in [0.4, 0.5) is 10.1 Å². The summed E-state index contributed by atoms with van der Waals surface area (Å²) in [6.45, 7) is 11.6. The number of rotatable bonds is 4. The van der Waals surface area contributed by atoms with Gasteiger partial charge in [0.05, 0.1) is 5.69 Å². The first-order valence-corrected chi connectivity index (χ1v) is 7.36. The fourth-order valence-electron chi connectivity index (χ4n) is 2.71. The topological polar surface area (TPSA) is 6.48 Å². The SMILES string of the molecule is CCc1ccc(N2CCN(CC(C)C)CC2)c(F)c1. The van der Waals surface area contributed by atoms with Crippen LogP contribution in [0.5, 0.6) is 0 Å². The Kier molecular flexibility index (Phi) is 4.81. The molecule has 0 N–H and O–H groups in total. The molecule has 0 atom stereocenters. The van der Waals surface area contributed by atoms with E-state index < -0.39 is 0 Å². The molecule has 0 bridgehead atoms. The first-order valence-electron chi connectivity index (χ1n) is 7.36. The molecule has 1 aromatic rings. The Hall–Kier alpha value is -1.09. The average Bonchev–Trinajstić information content (AvgIpc) is 2.39. The second-order valence-corrected chi connectivity index (χ2v) is 5.82. The molecule has 3 heteroatoms. The highest BCUT2D eigenvalue weighted by Crippen LogP contribution is 2.22. The molecule has 0 saturated carbocycles. The minimum absolute atomic E-state index is 0.0725. The van der Waals surface area contributed by atoms with Gasteiger partial charge in [0.1, 0.15) is 5.82 Å². The van der Waals surface area contributed by atoms with E-state index in [1.54, 1.807) is 6.07 Å². The average molecular weight is 264 g/mol. The summed E-state index contributed by atoms with van der Waals surface area (Å²) in [6, 6.07) is 5.65. The van der Waals surface area contributed by atoms with Crippen LogP contribution in [0.3, 0.4) is 0 Å². The van der Waals surface area contributed by atoms with E-state index in [1.165, 1.54) is 0 Å². The van der Waals surface area contributed by atoms with Gasteiger partial charge in [-0.3, -0.25) is 4.90 Å². The summed E-state index contributed by atoms with van der Waals surface area (Å²) in [4.78, 5) is 4.64. The Labute approximate surface area is 116 Å². The van der Waals surface area contributed by atoms with Crippen molar-refractivity contribution >= 4 is 5.69 Å². The molecule has 0 amide bonds. The van der Waals surface area contributed by atoms with E-state index in [1.807, 2.05) is 12.1 Å². The summed E-state index contributed by atoms with van der Waals surface area (Å²) in [5, 5.41) is 0. The number of aryl methyl sites for hydroxylation is 1. The van der Waals surface area contributed by atoms with Gasteiger partial charge in [0.25, 0.3) is 0 Å². The quantitative estimate of drug-likeness (QED) is 0.824. The number of halogens is 1. The molecule has 0 unspecified atom stereocenters. The van der Waals surface area contributed by atoms with Gasteiger partial charge in [0, 0.05) is 32.7 Å². The lowest BCUT2D eigenvalue weighted by Gasteiger charge is -2.37. The van der Waals surface area contributed by atoms with Gasteiger partial charge >= 0.3 is 0 Å². The van der Waals surface area contributed by atoms with Crippen molar-refractivity contribution < 1.29 is 4.39 Å². The van der Waals surface area contributed by atoms with E-state index in [9.17, 15) is 4.39 Å². The zero-order valence-corrected chi connectivity index (χ0v) is 12.3. The van der Waals surface area contributed by atoms with Crippen molar-refractivity contribution in [3.05, 3.63) is 29.6 Å². The van der Waals surface area contributed by atoms with Crippen LogP contribution in [0.1, 0.15) is 26.3 Å². The van der Waals surface area contributed by atoms with Crippen molar-refractivity contribution in [3.8, 4) is 0 Å². The lowest BCUT2D eigenvalue weighted by Crippen LogP contribution is -2.47. The molecule has 0 aromatic heterocycles. The summed E-state index contributed by atoms with van der Waals surface area (Å²) in [5.41, 5.74) is 1.83. The summed E-state index contributed by atoms with van der Waals surface area (Å²) >= 11 is 0. The standard InChI is InChI=1S/C16H25FN2/c1-4-14-5-6-16(15(17)11-14)19-9-7-18(8-10-19)12-13(2)3/h5-6,11,13H,4,7-10,12H2,1-3H3. The third-order valence-electron chi connectivity index (χ3n) is 3.76. The molecule has 0 aliphatic carbocycles. The highest BCUT2D eigenvalue weighted by Gasteiger charge is 2.19. The zero-order chi connectivity index (χ0) is 13.8. The highest BCUT2D eigenvalue weighted by molar-refractivity contribution is 5.49. The predicted octanol–water partition coefficient (Wildman–Crippen LogP) is 3.17. The number of hydrogen-bond acceptors (Lipinski definition) is 2. The fourth-order valence-corrected chi connectivity index (χ4v) is 2.71. The number of hydrogen-bond donors (Lipinski definition) is 0. The van der Waals surface area contributed by atoms with Crippen molar-refractivity contribution in [1.82, 2.24) is 4.90 Å². The van der Waals surface area contributed by atoms with Crippen LogP contribution in [0.2, 0.25) is 0 Å². The second kappa shape index (κ2) is 6.38. The highest BCUT2D eigenvalue weighted by atomic mass is 19.1. The predicted molar refractivity (Wildman–Crippen MR) is 79.3 cm³/mol. The van der Waals surface area contributed by atoms with Gasteiger partial charge in [-0.1, -0.05) is 26.8 Å². The molecule has 1 aromatic carbocycles. The van der Waals surface area contributed by atoms with Crippen molar-refractivity contribution in [2.24, 2.45) is 5.92 Å². The van der Waals surface area contributed by atoms with Crippen molar-refractivity contribution in [3.63, 3.8) is 0 Å². The van der Waals surface area contributed by atoms with Gasteiger partial charge in [-0.25, -0.2) is 4.39 Å². The first-order chi connectivity index (χ1) is 9.10. The Balaban J connectivity index is 1.97. The molecular formula is C16H25FN2. The van der Waals surface area contributed by atoms with Gasteiger partial charge in [-0.15, -0.1) is 0 Å². The summed E-state index contributed by atoms with van der Waals surface area (Å²) < 4.78 is 14.1. The molecular weight excluding hydrogens is 239 g/mol. The third-order valence-corrected chi connectivity index (χ3v) is 3.76. The summed E-state index contributed by atoms with van der Waals surface area (Å²) in [7, 11) is 0. The van der Waals surface area contributed by atoms with Crippen LogP contribution in [0.25, 0.3) is 0 Å². The molecule has 1 aliphatic heterocycles. The zero-order valence-electron chi connectivity index (χ0n) is 12.3. The summed E-state index contributed by atoms with van der Waals surface area (Å²) in [5.74, 6) is 0.629. The lowest BCUT2D eigenvalue weighted by atomic mass is 10.1. The second-order valence-electron chi connectivity index (χ2n) is 5.82. The Morgan fingerprint density at radius 3 is 2.37 bits per heavy atom. The maximum Gasteiger partial charge on any atom is 0.146 e. The van der Waals surface area contributed by atoms with E-state index in [0.717, 1.165) is 50.4 Å².